The normalized spacial score (nSPS) is 13.2. The Balaban J connectivity index is 2.05. The Morgan fingerprint density at radius 3 is 2.24 bits per heavy atom. The first-order chi connectivity index (χ1) is 8.06. The number of aromatic nitrogens is 6. The van der Waals surface area contributed by atoms with Crippen molar-refractivity contribution in [2.24, 2.45) is 0 Å². The van der Waals surface area contributed by atoms with Crippen molar-refractivity contribution in [3.05, 3.63) is 23.3 Å². The molecular formula is C11H18N6. The summed E-state index contributed by atoms with van der Waals surface area (Å²) in [5.74, 6) is 3.99. The highest BCUT2D eigenvalue weighted by molar-refractivity contribution is 5.02. The predicted octanol–water partition coefficient (Wildman–Crippen LogP) is 1.70. The molecule has 0 aliphatic heterocycles. The zero-order valence-corrected chi connectivity index (χ0v) is 10.7. The molecule has 0 bridgehead atoms. The molecule has 0 fully saturated rings. The van der Waals surface area contributed by atoms with Crippen molar-refractivity contribution in [3.8, 4) is 0 Å². The molecule has 2 heterocycles. The molecule has 92 valence electrons. The summed E-state index contributed by atoms with van der Waals surface area (Å²) >= 11 is 0. The van der Waals surface area contributed by atoms with Crippen molar-refractivity contribution in [1.29, 1.82) is 0 Å². The van der Waals surface area contributed by atoms with E-state index in [1.54, 1.807) is 0 Å². The first-order valence-electron chi connectivity index (χ1n) is 5.86. The molecule has 1 atom stereocenters. The highest BCUT2D eigenvalue weighted by Crippen LogP contribution is 2.16. The summed E-state index contributed by atoms with van der Waals surface area (Å²) in [5.41, 5.74) is 0. The van der Waals surface area contributed by atoms with Crippen molar-refractivity contribution < 1.29 is 0 Å². The molecule has 0 radical (unpaired) electrons. The van der Waals surface area contributed by atoms with Gasteiger partial charge in [-0.2, -0.15) is 10.2 Å². The number of nitrogens with one attached hydrogen (secondary N) is 2. The number of H-pyrrole nitrogens is 2. The van der Waals surface area contributed by atoms with E-state index in [1.165, 1.54) is 0 Å². The number of aryl methyl sites for hydroxylation is 1. The molecule has 0 saturated heterocycles. The van der Waals surface area contributed by atoms with E-state index >= 15 is 0 Å². The van der Waals surface area contributed by atoms with Crippen LogP contribution in [0.2, 0.25) is 0 Å². The van der Waals surface area contributed by atoms with Gasteiger partial charge in [-0.1, -0.05) is 20.8 Å². The van der Waals surface area contributed by atoms with Crippen LogP contribution < -0.4 is 0 Å². The zero-order valence-electron chi connectivity index (χ0n) is 10.7. The van der Waals surface area contributed by atoms with Gasteiger partial charge in [0, 0.05) is 18.3 Å². The van der Waals surface area contributed by atoms with Gasteiger partial charge in [-0.3, -0.25) is 10.2 Å². The second-order valence-electron chi connectivity index (χ2n) is 4.68. The molecule has 0 saturated carbocycles. The standard InChI is InChI=1S/C11H18N6/c1-6(2)10-13-9(15-16-10)5-7(3)11-12-8(4)14-17-11/h6-7H,5H2,1-4H3,(H,12,14,17)(H,13,15,16). The average Bonchev–Trinajstić information content (AvgIpc) is 2.86. The van der Waals surface area contributed by atoms with Gasteiger partial charge in [0.2, 0.25) is 0 Å². The lowest BCUT2D eigenvalue weighted by Gasteiger charge is -2.03. The third-order valence-electron chi connectivity index (χ3n) is 2.62. The maximum absolute atomic E-state index is 4.45. The van der Waals surface area contributed by atoms with Crippen LogP contribution in [0.1, 0.15) is 55.9 Å². The van der Waals surface area contributed by atoms with Crippen molar-refractivity contribution in [2.75, 3.05) is 0 Å². The molecule has 1 unspecified atom stereocenters. The number of nitrogens with zero attached hydrogens (tertiary/aromatic N) is 4. The summed E-state index contributed by atoms with van der Waals surface area (Å²) in [4.78, 5) is 8.77. The SMILES string of the molecule is Cc1nc(C(C)Cc2nc(C(C)C)n[nH]2)n[nH]1. The predicted molar refractivity (Wildman–Crippen MR) is 63.7 cm³/mol. The third-order valence-corrected chi connectivity index (χ3v) is 2.62. The topological polar surface area (TPSA) is 83.1 Å². The van der Waals surface area contributed by atoms with Crippen LogP contribution in [-0.4, -0.2) is 30.4 Å². The summed E-state index contributed by atoms with van der Waals surface area (Å²) in [6.45, 7) is 8.14. The summed E-state index contributed by atoms with van der Waals surface area (Å²) in [5, 5.41) is 14.2. The Labute approximate surface area is 100 Å². The van der Waals surface area contributed by atoms with E-state index in [1.807, 2.05) is 6.92 Å². The van der Waals surface area contributed by atoms with Gasteiger partial charge in [-0.25, -0.2) is 9.97 Å². The second kappa shape index (κ2) is 4.65. The number of hydrogen-bond donors (Lipinski definition) is 2. The highest BCUT2D eigenvalue weighted by atomic mass is 15.2. The van der Waals surface area contributed by atoms with Gasteiger partial charge < -0.3 is 0 Å². The first-order valence-corrected chi connectivity index (χ1v) is 5.86. The second-order valence-corrected chi connectivity index (χ2v) is 4.68. The molecule has 0 aliphatic rings. The molecule has 6 nitrogen and oxygen atoms in total. The fourth-order valence-corrected chi connectivity index (χ4v) is 1.62. The maximum Gasteiger partial charge on any atom is 0.153 e. The fraction of sp³-hybridized carbons (Fsp3) is 0.636. The quantitative estimate of drug-likeness (QED) is 0.843. The van der Waals surface area contributed by atoms with Gasteiger partial charge in [0.15, 0.2) is 11.6 Å². The largest absolute Gasteiger partial charge is 0.263 e. The van der Waals surface area contributed by atoms with E-state index in [-0.39, 0.29) is 5.92 Å². The Morgan fingerprint density at radius 1 is 1.00 bits per heavy atom. The molecule has 0 aromatic carbocycles. The number of aromatic amines is 2. The van der Waals surface area contributed by atoms with Gasteiger partial charge in [0.25, 0.3) is 0 Å². The van der Waals surface area contributed by atoms with E-state index in [9.17, 15) is 0 Å². The van der Waals surface area contributed by atoms with Gasteiger partial charge in [-0.05, 0) is 6.92 Å². The van der Waals surface area contributed by atoms with Gasteiger partial charge in [0.05, 0.1) is 0 Å². The monoisotopic (exact) mass is 234 g/mol. The Bertz CT molecular complexity index is 484. The number of hydrogen-bond acceptors (Lipinski definition) is 4. The molecule has 2 aromatic rings. The summed E-state index contributed by atoms with van der Waals surface area (Å²) < 4.78 is 0. The molecule has 2 N–H and O–H groups in total. The third kappa shape index (κ3) is 2.69. The van der Waals surface area contributed by atoms with Crippen molar-refractivity contribution in [1.82, 2.24) is 30.4 Å². The minimum Gasteiger partial charge on any atom is -0.263 e. The summed E-state index contributed by atoms with van der Waals surface area (Å²) in [6.07, 6.45) is 0.775. The van der Waals surface area contributed by atoms with E-state index in [4.69, 9.17) is 0 Å². The lowest BCUT2D eigenvalue weighted by molar-refractivity contribution is 0.674. The first kappa shape index (κ1) is 11.8. The lowest BCUT2D eigenvalue weighted by Crippen LogP contribution is -2.02. The minimum absolute atomic E-state index is 0.230. The molecular weight excluding hydrogens is 216 g/mol. The zero-order chi connectivity index (χ0) is 12.4. The Morgan fingerprint density at radius 2 is 1.71 bits per heavy atom. The molecule has 17 heavy (non-hydrogen) atoms. The van der Waals surface area contributed by atoms with Gasteiger partial charge in [0.1, 0.15) is 11.6 Å². The number of rotatable bonds is 4. The van der Waals surface area contributed by atoms with Crippen LogP contribution in [-0.2, 0) is 6.42 Å². The van der Waals surface area contributed by atoms with Crippen LogP contribution in [0.25, 0.3) is 0 Å². The van der Waals surface area contributed by atoms with Crippen LogP contribution in [0, 0.1) is 6.92 Å². The van der Waals surface area contributed by atoms with E-state index in [0.29, 0.717) is 5.92 Å². The van der Waals surface area contributed by atoms with E-state index in [2.05, 4.69) is 51.1 Å². The van der Waals surface area contributed by atoms with Gasteiger partial charge >= 0.3 is 0 Å². The molecule has 0 aliphatic carbocycles. The maximum atomic E-state index is 4.45. The van der Waals surface area contributed by atoms with Crippen LogP contribution in [0.3, 0.4) is 0 Å². The molecule has 2 aromatic heterocycles. The average molecular weight is 234 g/mol. The summed E-state index contributed by atoms with van der Waals surface area (Å²) in [6, 6.07) is 0. The molecule has 2 rings (SSSR count). The van der Waals surface area contributed by atoms with E-state index in [0.717, 1.165) is 29.7 Å². The van der Waals surface area contributed by atoms with Crippen molar-refractivity contribution in [2.45, 2.75) is 46.0 Å². The van der Waals surface area contributed by atoms with Crippen LogP contribution in [0.5, 0.6) is 0 Å². The summed E-state index contributed by atoms with van der Waals surface area (Å²) in [7, 11) is 0. The van der Waals surface area contributed by atoms with Crippen molar-refractivity contribution in [3.63, 3.8) is 0 Å². The van der Waals surface area contributed by atoms with Crippen LogP contribution >= 0.6 is 0 Å². The van der Waals surface area contributed by atoms with Gasteiger partial charge in [-0.15, -0.1) is 0 Å². The van der Waals surface area contributed by atoms with Crippen molar-refractivity contribution >= 4 is 0 Å². The van der Waals surface area contributed by atoms with E-state index < -0.39 is 0 Å². The molecule has 0 spiro atoms. The Hall–Kier alpha value is -1.72. The Kier molecular flexibility index (Phi) is 3.21. The molecule has 6 heteroatoms. The lowest BCUT2D eigenvalue weighted by atomic mass is 10.1. The highest BCUT2D eigenvalue weighted by Gasteiger charge is 2.14. The van der Waals surface area contributed by atoms with Crippen LogP contribution in [0.4, 0.5) is 0 Å². The van der Waals surface area contributed by atoms with Crippen LogP contribution in [0.15, 0.2) is 0 Å². The molecule has 0 amide bonds. The smallest absolute Gasteiger partial charge is 0.153 e. The fourth-order valence-electron chi connectivity index (χ4n) is 1.62. The minimum atomic E-state index is 0.230.